The third kappa shape index (κ3) is 5.38. The van der Waals surface area contributed by atoms with Gasteiger partial charge in [0.25, 0.3) is 0 Å². The molecule has 1 saturated heterocycles. The third-order valence-electron chi connectivity index (χ3n) is 3.08. The van der Waals surface area contributed by atoms with E-state index in [1.165, 1.54) is 24.2 Å². The van der Waals surface area contributed by atoms with Crippen molar-refractivity contribution < 1.29 is 8.42 Å². The van der Waals surface area contributed by atoms with E-state index in [9.17, 15) is 8.42 Å². The fraction of sp³-hybridized carbons (Fsp3) is 0.583. The maximum atomic E-state index is 11.9. The lowest BCUT2D eigenvalue weighted by molar-refractivity contribution is 0.493. The Morgan fingerprint density at radius 2 is 2.10 bits per heavy atom. The maximum absolute atomic E-state index is 11.9. The van der Waals surface area contributed by atoms with Crippen molar-refractivity contribution in [1.29, 1.82) is 0 Å². The number of guanidine groups is 1. The molecule has 0 spiro atoms. The summed E-state index contributed by atoms with van der Waals surface area (Å²) in [6, 6.07) is 3.33. The molecular formula is C12H21IN4O2S2. The Morgan fingerprint density at radius 1 is 1.38 bits per heavy atom. The van der Waals surface area contributed by atoms with Gasteiger partial charge < -0.3 is 10.2 Å². The van der Waals surface area contributed by atoms with Gasteiger partial charge in [-0.05, 0) is 24.3 Å². The van der Waals surface area contributed by atoms with E-state index in [1.807, 2.05) is 0 Å². The molecule has 6 nitrogen and oxygen atoms in total. The maximum Gasteiger partial charge on any atom is 0.250 e. The molecule has 1 aromatic rings. The van der Waals surface area contributed by atoms with Crippen molar-refractivity contribution in [1.82, 2.24) is 14.9 Å². The molecule has 1 aliphatic rings. The van der Waals surface area contributed by atoms with E-state index in [4.69, 9.17) is 0 Å². The number of aliphatic imine (C=N–C) groups is 1. The van der Waals surface area contributed by atoms with Gasteiger partial charge >= 0.3 is 0 Å². The summed E-state index contributed by atoms with van der Waals surface area (Å²) in [6.07, 6.45) is 2.37. The normalized spacial score (nSPS) is 15.9. The van der Waals surface area contributed by atoms with Crippen molar-refractivity contribution >= 4 is 51.3 Å². The smallest absolute Gasteiger partial charge is 0.250 e. The van der Waals surface area contributed by atoms with Gasteiger partial charge in [0.05, 0.1) is 0 Å². The SMILES string of the molecule is CN=C(NCCNS(=O)(=O)c1cccs1)N1CCCC1.I. The van der Waals surface area contributed by atoms with Crippen LogP contribution in [0.25, 0.3) is 0 Å². The van der Waals surface area contributed by atoms with Crippen LogP contribution in [-0.2, 0) is 10.0 Å². The number of hydrogen-bond acceptors (Lipinski definition) is 4. The fourth-order valence-electron chi connectivity index (χ4n) is 2.11. The standard InChI is InChI=1S/C12H20N4O2S2.HI/c1-13-12(16-8-2-3-9-16)14-6-7-15-20(17,18)11-5-4-10-19-11;/h4-5,10,15H,2-3,6-9H2,1H3,(H,13,14);1H. The molecule has 0 amide bonds. The number of thiophene rings is 1. The first kappa shape index (κ1) is 18.7. The molecule has 1 fully saturated rings. The highest BCUT2D eigenvalue weighted by Crippen LogP contribution is 2.14. The Morgan fingerprint density at radius 3 is 2.67 bits per heavy atom. The van der Waals surface area contributed by atoms with Crippen LogP contribution in [0.4, 0.5) is 0 Å². The first-order valence-corrected chi connectivity index (χ1v) is 8.98. The summed E-state index contributed by atoms with van der Waals surface area (Å²) >= 11 is 1.22. The molecule has 120 valence electrons. The van der Waals surface area contributed by atoms with E-state index >= 15 is 0 Å². The van der Waals surface area contributed by atoms with Gasteiger partial charge in [0.1, 0.15) is 4.21 Å². The number of nitrogens with zero attached hydrogens (tertiary/aromatic N) is 2. The zero-order valence-corrected chi connectivity index (χ0v) is 15.9. The predicted octanol–water partition coefficient (Wildman–Crippen LogP) is 1.32. The molecule has 0 bridgehead atoms. The predicted molar refractivity (Wildman–Crippen MR) is 97.1 cm³/mol. The largest absolute Gasteiger partial charge is 0.355 e. The van der Waals surface area contributed by atoms with E-state index in [0.29, 0.717) is 17.3 Å². The van der Waals surface area contributed by atoms with Crippen LogP contribution in [0.1, 0.15) is 12.8 Å². The molecule has 0 aromatic carbocycles. The van der Waals surface area contributed by atoms with E-state index in [-0.39, 0.29) is 24.0 Å². The minimum atomic E-state index is -3.37. The molecule has 2 rings (SSSR count). The lowest BCUT2D eigenvalue weighted by Crippen LogP contribution is -2.42. The molecule has 1 aromatic heterocycles. The van der Waals surface area contributed by atoms with Gasteiger partial charge in [-0.15, -0.1) is 35.3 Å². The van der Waals surface area contributed by atoms with Crippen LogP contribution < -0.4 is 10.0 Å². The number of halogens is 1. The van der Waals surface area contributed by atoms with Crippen molar-refractivity contribution in [3.63, 3.8) is 0 Å². The van der Waals surface area contributed by atoms with Crippen LogP contribution in [0.3, 0.4) is 0 Å². The lowest BCUT2D eigenvalue weighted by Gasteiger charge is -2.20. The van der Waals surface area contributed by atoms with Crippen LogP contribution in [0.2, 0.25) is 0 Å². The number of rotatable bonds is 5. The number of hydrogen-bond donors (Lipinski definition) is 2. The first-order chi connectivity index (χ1) is 9.63. The third-order valence-corrected chi connectivity index (χ3v) is 5.94. The molecule has 0 radical (unpaired) electrons. The van der Waals surface area contributed by atoms with E-state index in [1.54, 1.807) is 24.6 Å². The molecule has 0 atom stereocenters. The van der Waals surface area contributed by atoms with E-state index in [2.05, 4.69) is 19.9 Å². The van der Waals surface area contributed by atoms with Crippen molar-refractivity contribution in [3.05, 3.63) is 17.5 Å². The molecule has 21 heavy (non-hydrogen) atoms. The van der Waals surface area contributed by atoms with Crippen molar-refractivity contribution in [2.45, 2.75) is 17.1 Å². The molecule has 0 unspecified atom stereocenters. The van der Waals surface area contributed by atoms with E-state index in [0.717, 1.165) is 19.0 Å². The summed E-state index contributed by atoms with van der Waals surface area (Å²) < 4.78 is 26.7. The average molecular weight is 444 g/mol. The number of likely N-dealkylation sites (tertiary alicyclic amines) is 1. The van der Waals surface area contributed by atoms with Crippen LogP contribution in [0.5, 0.6) is 0 Å². The second-order valence-corrected chi connectivity index (χ2v) is 7.44. The summed E-state index contributed by atoms with van der Waals surface area (Å²) in [5.41, 5.74) is 0. The number of sulfonamides is 1. The highest BCUT2D eigenvalue weighted by Gasteiger charge is 2.16. The second-order valence-electron chi connectivity index (χ2n) is 4.50. The molecule has 0 aliphatic carbocycles. The van der Waals surface area contributed by atoms with Crippen LogP contribution in [0.15, 0.2) is 26.7 Å². The van der Waals surface area contributed by atoms with Gasteiger partial charge in [-0.25, -0.2) is 13.1 Å². The van der Waals surface area contributed by atoms with Crippen molar-refractivity contribution in [3.8, 4) is 0 Å². The Kier molecular flexibility index (Phi) is 7.92. The topological polar surface area (TPSA) is 73.8 Å². The Bertz CT molecular complexity index is 540. The highest BCUT2D eigenvalue weighted by atomic mass is 127. The van der Waals surface area contributed by atoms with Gasteiger partial charge in [0, 0.05) is 33.2 Å². The minimum Gasteiger partial charge on any atom is -0.355 e. The number of nitrogens with one attached hydrogen (secondary N) is 2. The van der Waals surface area contributed by atoms with Gasteiger partial charge in [-0.2, -0.15) is 0 Å². The zero-order chi connectivity index (χ0) is 14.4. The van der Waals surface area contributed by atoms with E-state index < -0.39 is 10.0 Å². The Balaban J connectivity index is 0.00000220. The Hall–Kier alpha value is -0.390. The molecule has 2 heterocycles. The van der Waals surface area contributed by atoms with Crippen LogP contribution in [-0.4, -0.2) is 52.5 Å². The summed E-state index contributed by atoms with van der Waals surface area (Å²) in [5, 5.41) is 4.93. The van der Waals surface area contributed by atoms with Crippen LogP contribution in [0, 0.1) is 0 Å². The quantitative estimate of drug-likeness (QED) is 0.311. The Labute approximate surface area is 147 Å². The lowest BCUT2D eigenvalue weighted by atomic mass is 10.4. The van der Waals surface area contributed by atoms with Crippen LogP contribution >= 0.6 is 35.3 Å². The zero-order valence-electron chi connectivity index (χ0n) is 11.9. The summed E-state index contributed by atoms with van der Waals surface area (Å²) in [5.74, 6) is 0.845. The van der Waals surface area contributed by atoms with Gasteiger partial charge in [-0.1, -0.05) is 6.07 Å². The van der Waals surface area contributed by atoms with Gasteiger partial charge in [0.15, 0.2) is 5.96 Å². The van der Waals surface area contributed by atoms with Crippen molar-refractivity contribution in [2.24, 2.45) is 4.99 Å². The van der Waals surface area contributed by atoms with Gasteiger partial charge in [-0.3, -0.25) is 4.99 Å². The highest BCUT2D eigenvalue weighted by molar-refractivity contribution is 14.0. The summed E-state index contributed by atoms with van der Waals surface area (Å²) in [7, 11) is -1.62. The molecule has 2 N–H and O–H groups in total. The summed E-state index contributed by atoms with van der Waals surface area (Å²) in [6.45, 7) is 2.89. The monoisotopic (exact) mass is 444 g/mol. The molecule has 9 heteroatoms. The molecule has 1 aliphatic heterocycles. The average Bonchev–Trinajstić information content (AvgIpc) is 3.12. The molecule has 0 saturated carbocycles. The molecular weight excluding hydrogens is 423 g/mol. The first-order valence-electron chi connectivity index (χ1n) is 6.62. The minimum absolute atomic E-state index is 0. The summed E-state index contributed by atoms with van der Waals surface area (Å²) in [4.78, 5) is 6.40. The van der Waals surface area contributed by atoms with Crippen molar-refractivity contribution in [2.75, 3.05) is 33.2 Å². The second kappa shape index (κ2) is 8.91. The van der Waals surface area contributed by atoms with Gasteiger partial charge in [0.2, 0.25) is 10.0 Å². The fourth-order valence-corrected chi connectivity index (χ4v) is 4.18.